The number of aliphatic hydroxyl groups is 1. The number of hydrogen-bond donors (Lipinski definition) is 2. The molecule has 3 aromatic heterocycles. The molecule has 0 spiro atoms. The van der Waals surface area contributed by atoms with Crippen LogP contribution in [0, 0.1) is 0 Å². The number of amides is 1. The molecule has 0 unspecified atom stereocenters. The number of nitrogens with zero attached hydrogens (tertiary/aromatic N) is 5. The van der Waals surface area contributed by atoms with E-state index < -0.39 is 5.60 Å². The molecule has 3 heterocycles. The molecule has 0 aliphatic heterocycles. The van der Waals surface area contributed by atoms with E-state index in [0.29, 0.717) is 35.6 Å². The van der Waals surface area contributed by atoms with E-state index in [1.165, 1.54) is 0 Å². The smallest absolute Gasteiger partial charge is 0.259 e. The minimum absolute atomic E-state index is 0.111. The van der Waals surface area contributed by atoms with E-state index in [1.54, 1.807) is 59.8 Å². The topological polar surface area (TPSA) is 107 Å². The standard InChI is InChI=1S/C22H26N6O3/c1-14(2)31-19-11-17-15(13-27(26-17)9-6-22(3,4)30)10-16(19)21(29)25-18-12-24-28-8-5-7-23-20(18)28/h5,7-8,10-14,30H,6,9H2,1-4H3,(H,25,29). The first-order valence-corrected chi connectivity index (χ1v) is 10.2. The molecule has 0 aliphatic rings. The van der Waals surface area contributed by atoms with Gasteiger partial charge in [-0.25, -0.2) is 9.50 Å². The van der Waals surface area contributed by atoms with Gasteiger partial charge >= 0.3 is 0 Å². The van der Waals surface area contributed by atoms with Crippen molar-refractivity contribution >= 4 is 28.1 Å². The summed E-state index contributed by atoms with van der Waals surface area (Å²) in [6.45, 7) is 7.91. The fourth-order valence-corrected chi connectivity index (χ4v) is 3.24. The Bertz CT molecular complexity index is 1240. The van der Waals surface area contributed by atoms with Crippen LogP contribution in [0.15, 0.2) is 43.0 Å². The highest BCUT2D eigenvalue weighted by Crippen LogP contribution is 2.28. The zero-order valence-corrected chi connectivity index (χ0v) is 18.0. The van der Waals surface area contributed by atoms with Gasteiger partial charge in [-0.15, -0.1) is 0 Å². The molecule has 0 saturated heterocycles. The number of anilines is 1. The first-order chi connectivity index (χ1) is 14.7. The van der Waals surface area contributed by atoms with E-state index in [9.17, 15) is 9.90 Å². The monoisotopic (exact) mass is 422 g/mol. The quantitative estimate of drug-likeness (QED) is 0.473. The number of carbonyl (C=O) groups excluding carboxylic acids is 1. The molecule has 162 valence electrons. The molecule has 0 fully saturated rings. The van der Waals surface area contributed by atoms with Crippen LogP contribution in [0.4, 0.5) is 5.69 Å². The average molecular weight is 422 g/mol. The van der Waals surface area contributed by atoms with Crippen molar-refractivity contribution in [3.63, 3.8) is 0 Å². The maximum absolute atomic E-state index is 13.1. The van der Waals surface area contributed by atoms with Crippen molar-refractivity contribution in [2.75, 3.05) is 5.32 Å². The number of hydrogen-bond acceptors (Lipinski definition) is 6. The van der Waals surface area contributed by atoms with E-state index in [4.69, 9.17) is 4.74 Å². The Morgan fingerprint density at radius 3 is 2.87 bits per heavy atom. The van der Waals surface area contributed by atoms with Crippen LogP contribution in [-0.2, 0) is 6.54 Å². The predicted molar refractivity (Wildman–Crippen MR) is 117 cm³/mol. The summed E-state index contributed by atoms with van der Waals surface area (Å²) >= 11 is 0. The summed E-state index contributed by atoms with van der Waals surface area (Å²) in [7, 11) is 0. The maximum Gasteiger partial charge on any atom is 0.259 e. The van der Waals surface area contributed by atoms with E-state index in [2.05, 4.69) is 20.5 Å². The zero-order chi connectivity index (χ0) is 22.2. The summed E-state index contributed by atoms with van der Waals surface area (Å²) in [4.78, 5) is 17.4. The molecular formula is C22H26N6O3. The number of nitrogens with one attached hydrogen (secondary N) is 1. The van der Waals surface area contributed by atoms with Crippen LogP contribution in [0.3, 0.4) is 0 Å². The third-order valence-electron chi connectivity index (χ3n) is 4.74. The van der Waals surface area contributed by atoms with Gasteiger partial charge in [-0.2, -0.15) is 10.2 Å². The van der Waals surface area contributed by atoms with Gasteiger partial charge in [0.15, 0.2) is 5.65 Å². The van der Waals surface area contributed by atoms with Crippen molar-refractivity contribution in [2.45, 2.75) is 52.4 Å². The van der Waals surface area contributed by atoms with E-state index >= 15 is 0 Å². The van der Waals surface area contributed by atoms with Crippen molar-refractivity contribution < 1.29 is 14.6 Å². The lowest BCUT2D eigenvalue weighted by Crippen LogP contribution is -2.21. The van der Waals surface area contributed by atoms with Crippen molar-refractivity contribution in [2.24, 2.45) is 0 Å². The number of aromatic nitrogens is 5. The van der Waals surface area contributed by atoms with Gasteiger partial charge in [-0.3, -0.25) is 9.48 Å². The van der Waals surface area contributed by atoms with Gasteiger partial charge in [0.05, 0.1) is 29.0 Å². The van der Waals surface area contributed by atoms with Crippen molar-refractivity contribution in [1.29, 1.82) is 0 Å². The normalized spacial score (nSPS) is 12.1. The van der Waals surface area contributed by atoms with Crippen LogP contribution in [0.2, 0.25) is 0 Å². The Morgan fingerprint density at radius 1 is 1.32 bits per heavy atom. The fourth-order valence-electron chi connectivity index (χ4n) is 3.24. The zero-order valence-electron chi connectivity index (χ0n) is 18.0. The molecule has 9 heteroatoms. The molecule has 2 N–H and O–H groups in total. The van der Waals surface area contributed by atoms with E-state index in [0.717, 1.165) is 10.9 Å². The second-order valence-corrected chi connectivity index (χ2v) is 8.43. The van der Waals surface area contributed by atoms with E-state index in [-0.39, 0.29) is 12.0 Å². The maximum atomic E-state index is 13.1. The Hall–Kier alpha value is -3.46. The molecule has 4 aromatic rings. The second-order valence-electron chi connectivity index (χ2n) is 8.43. The lowest BCUT2D eigenvalue weighted by Gasteiger charge is -2.16. The first-order valence-electron chi connectivity index (χ1n) is 10.2. The summed E-state index contributed by atoms with van der Waals surface area (Å²) in [5, 5.41) is 22.5. The predicted octanol–water partition coefficient (Wildman–Crippen LogP) is 3.28. The summed E-state index contributed by atoms with van der Waals surface area (Å²) in [5.74, 6) is 0.138. The summed E-state index contributed by atoms with van der Waals surface area (Å²) in [6, 6.07) is 5.32. The van der Waals surface area contributed by atoms with Crippen LogP contribution in [-0.4, -0.2) is 47.1 Å². The molecule has 31 heavy (non-hydrogen) atoms. The summed E-state index contributed by atoms with van der Waals surface area (Å²) < 4.78 is 9.29. The highest BCUT2D eigenvalue weighted by atomic mass is 16.5. The van der Waals surface area contributed by atoms with Gasteiger partial charge in [0.2, 0.25) is 0 Å². The highest BCUT2D eigenvalue weighted by molar-refractivity contribution is 6.09. The molecule has 1 amide bonds. The molecular weight excluding hydrogens is 396 g/mol. The summed E-state index contributed by atoms with van der Waals surface area (Å²) in [6.07, 6.45) is 7.29. The lowest BCUT2D eigenvalue weighted by atomic mass is 10.1. The fraction of sp³-hybridized carbons (Fsp3) is 0.364. The van der Waals surface area contributed by atoms with Crippen molar-refractivity contribution in [1.82, 2.24) is 24.4 Å². The lowest BCUT2D eigenvalue weighted by molar-refractivity contribution is 0.0651. The van der Waals surface area contributed by atoms with Gasteiger partial charge < -0.3 is 15.2 Å². The first kappa shape index (κ1) is 20.8. The van der Waals surface area contributed by atoms with Crippen LogP contribution in [0.25, 0.3) is 16.6 Å². The average Bonchev–Trinajstić information content (AvgIpc) is 3.28. The third kappa shape index (κ3) is 4.66. The molecule has 0 saturated carbocycles. The number of benzene rings is 1. The molecule has 9 nitrogen and oxygen atoms in total. The third-order valence-corrected chi connectivity index (χ3v) is 4.74. The molecule has 0 bridgehead atoms. The molecule has 4 rings (SSSR count). The Balaban J connectivity index is 1.67. The van der Waals surface area contributed by atoms with E-state index in [1.807, 2.05) is 20.0 Å². The Labute approximate surface area is 179 Å². The Morgan fingerprint density at radius 2 is 2.13 bits per heavy atom. The van der Waals surface area contributed by atoms with Gasteiger partial charge in [-0.1, -0.05) is 0 Å². The Kier molecular flexibility index (Phi) is 5.36. The largest absolute Gasteiger partial charge is 0.490 e. The van der Waals surface area contributed by atoms with Gasteiger partial charge in [0.25, 0.3) is 5.91 Å². The second kappa shape index (κ2) is 7.99. The highest BCUT2D eigenvalue weighted by Gasteiger charge is 2.19. The van der Waals surface area contributed by atoms with Gasteiger partial charge in [0.1, 0.15) is 11.4 Å². The summed E-state index contributed by atoms with van der Waals surface area (Å²) in [5.41, 5.74) is 1.42. The minimum Gasteiger partial charge on any atom is -0.490 e. The van der Waals surface area contributed by atoms with Crippen LogP contribution in [0.1, 0.15) is 44.5 Å². The number of fused-ring (bicyclic) bond motifs is 2. The number of carbonyl (C=O) groups is 1. The molecule has 0 radical (unpaired) electrons. The van der Waals surface area contributed by atoms with Gasteiger partial charge in [-0.05, 0) is 46.2 Å². The van der Waals surface area contributed by atoms with Crippen molar-refractivity contribution in [3.05, 3.63) is 48.5 Å². The number of aryl methyl sites for hydroxylation is 1. The van der Waals surface area contributed by atoms with Crippen LogP contribution in [0.5, 0.6) is 5.75 Å². The minimum atomic E-state index is -0.780. The molecule has 0 atom stereocenters. The van der Waals surface area contributed by atoms with Gasteiger partial charge in [0, 0.05) is 36.6 Å². The molecule has 0 aliphatic carbocycles. The van der Waals surface area contributed by atoms with Crippen LogP contribution < -0.4 is 10.1 Å². The molecule has 1 aromatic carbocycles. The number of ether oxygens (including phenoxy) is 1. The van der Waals surface area contributed by atoms with Crippen molar-refractivity contribution in [3.8, 4) is 5.75 Å². The SMILES string of the molecule is CC(C)Oc1cc2nn(CCC(C)(C)O)cc2cc1C(=O)Nc1cnn2cccnc12. The number of rotatable bonds is 7. The van der Waals surface area contributed by atoms with Crippen LogP contribution >= 0.6 is 0 Å².